The topological polar surface area (TPSA) is 270 Å². The van der Waals surface area contributed by atoms with Gasteiger partial charge >= 0.3 is 6.18 Å². The molecule has 3 N–H and O–H groups in total. The number of likely N-dealkylation sites (tertiary alicyclic amines) is 1. The van der Waals surface area contributed by atoms with Crippen molar-refractivity contribution in [2.75, 3.05) is 75.5 Å². The van der Waals surface area contributed by atoms with E-state index in [0.717, 1.165) is 46.0 Å². The number of nitrogens with zero attached hydrogens (tertiary/aromatic N) is 9. The molecule has 3 saturated heterocycles. The van der Waals surface area contributed by atoms with Crippen LogP contribution in [0.25, 0.3) is 0 Å². The molecule has 594 valence electrons. The Hall–Kier alpha value is -8.69. The van der Waals surface area contributed by atoms with Gasteiger partial charge in [-0.05, 0) is 130 Å². The van der Waals surface area contributed by atoms with Crippen LogP contribution >= 0.6 is 11.6 Å². The summed E-state index contributed by atoms with van der Waals surface area (Å²) in [6.07, 6.45) is -2.29. The van der Waals surface area contributed by atoms with Gasteiger partial charge in [-0.2, -0.15) is 13.2 Å². The molecule has 24 nitrogen and oxygen atoms in total. The molecule has 0 bridgehead atoms. The Kier molecular flexibility index (Phi) is 30.1. The van der Waals surface area contributed by atoms with E-state index in [1.54, 1.807) is 30.9 Å². The van der Waals surface area contributed by atoms with Gasteiger partial charge in [0.25, 0.3) is 0 Å². The summed E-state index contributed by atoms with van der Waals surface area (Å²) >= 11 is 6.19. The van der Waals surface area contributed by atoms with E-state index in [4.69, 9.17) is 11.6 Å². The van der Waals surface area contributed by atoms with E-state index in [9.17, 15) is 36.7 Å². The highest BCUT2D eigenvalue weighted by Crippen LogP contribution is 2.37. The molecule has 0 radical (unpaired) electrons. The maximum Gasteiger partial charge on any atom is 0.417 e. The van der Waals surface area contributed by atoms with Gasteiger partial charge in [-0.25, -0.2) is 4.39 Å². The molecule has 7 rings (SSSR count). The Balaban J connectivity index is 1.36. The van der Waals surface area contributed by atoms with Crippen LogP contribution in [0, 0.1) is 30.5 Å². The van der Waals surface area contributed by atoms with Crippen LogP contribution < -0.4 is 16.0 Å². The molecule has 1 spiro atoms. The standard InChI is InChI=1S/C79H111ClF4N12O12/c1-16-49(6)66-75(106)89(10)51(8)70(101)96-40-35-59(96)73(104)92(13)62(44-53-25-23-48(5)24-26-53)72(103)88(9)46-64(97)85-58(34-30-52-29-33-56(57(80)42-52)79(82,83)84)71(102)91(12)61(43-54-27-31-55(81)32-28-54)69(100)87-78(36-19-20-37-78)77(108)94(15)67(50(7)17-2)76(107)93(14)63(74(105)95-38-21-18-22-39-95)45-65(98)90(11)60(41-47(3)4)68(99)86-66/h23-29,31-33,42,47,49-51,58-63,66-67H,16-22,30,34-41,43-46H2,1-15H3,(H,85,97)(H,86,99)(H,87,100)/t49-,50-,51-,58-,59?,60-,61-,62-,63-,66-,67-/m0/s1. The molecule has 11 atom stereocenters. The minimum atomic E-state index is -4.81. The number of halogens is 5. The number of fused-ring (bicyclic) bond motifs is 1. The normalized spacial score (nSPS) is 25.3. The van der Waals surface area contributed by atoms with Gasteiger partial charge in [0.1, 0.15) is 65.7 Å². The van der Waals surface area contributed by atoms with E-state index in [-0.39, 0.29) is 69.4 Å². The van der Waals surface area contributed by atoms with Crippen molar-refractivity contribution in [1.82, 2.24) is 60.0 Å². The Morgan fingerprint density at radius 2 is 1.19 bits per heavy atom. The molecular formula is C79H111ClF4N12O12. The number of hydrogen-bond acceptors (Lipinski definition) is 12. The van der Waals surface area contributed by atoms with Crippen molar-refractivity contribution in [3.05, 3.63) is 105 Å². The van der Waals surface area contributed by atoms with E-state index in [1.807, 2.05) is 46.8 Å². The molecule has 1 aliphatic carbocycles. The van der Waals surface area contributed by atoms with Crippen LogP contribution in [0.1, 0.15) is 160 Å². The lowest BCUT2D eigenvalue weighted by Crippen LogP contribution is -2.65. The monoisotopic (exact) mass is 1530 g/mol. The predicted octanol–water partition coefficient (Wildman–Crippen LogP) is 7.22. The third-order valence-corrected chi connectivity index (χ3v) is 22.9. The first kappa shape index (κ1) is 86.5. The highest BCUT2D eigenvalue weighted by molar-refractivity contribution is 6.31. The summed E-state index contributed by atoms with van der Waals surface area (Å²) in [7, 11) is 9.63. The van der Waals surface area contributed by atoms with E-state index in [0.29, 0.717) is 62.7 Å². The molecule has 4 fully saturated rings. The van der Waals surface area contributed by atoms with E-state index >= 15 is 38.4 Å². The van der Waals surface area contributed by atoms with Crippen molar-refractivity contribution in [2.45, 2.75) is 224 Å². The van der Waals surface area contributed by atoms with Crippen LogP contribution in [-0.2, 0) is 83.0 Å². The Labute approximate surface area is 637 Å². The Morgan fingerprint density at radius 1 is 0.611 bits per heavy atom. The highest BCUT2D eigenvalue weighted by Gasteiger charge is 2.51. The van der Waals surface area contributed by atoms with Crippen molar-refractivity contribution in [1.29, 1.82) is 0 Å². The maximum atomic E-state index is 15.8. The second-order valence-corrected chi connectivity index (χ2v) is 31.1. The molecule has 1 saturated carbocycles. The lowest BCUT2D eigenvalue weighted by atomic mass is 9.90. The number of aryl methyl sites for hydroxylation is 2. The molecule has 29 heteroatoms. The molecule has 4 aliphatic rings. The lowest BCUT2D eigenvalue weighted by molar-refractivity contribution is -0.160. The fourth-order valence-corrected chi connectivity index (χ4v) is 15.3. The van der Waals surface area contributed by atoms with Gasteiger partial charge in [0, 0.05) is 81.8 Å². The molecule has 108 heavy (non-hydrogen) atoms. The molecule has 3 aromatic carbocycles. The second-order valence-electron chi connectivity index (χ2n) is 30.7. The molecule has 3 heterocycles. The minimum absolute atomic E-state index is 0.0549. The minimum Gasteiger partial charge on any atom is -0.343 e. The van der Waals surface area contributed by atoms with Crippen molar-refractivity contribution in [3.63, 3.8) is 0 Å². The third-order valence-electron chi connectivity index (χ3n) is 22.6. The summed E-state index contributed by atoms with van der Waals surface area (Å²) in [5, 5.41) is 8.01. The van der Waals surface area contributed by atoms with Crippen molar-refractivity contribution in [2.24, 2.45) is 17.8 Å². The number of carbonyl (C=O) groups is 12. The predicted molar refractivity (Wildman–Crippen MR) is 399 cm³/mol. The Morgan fingerprint density at radius 3 is 1.74 bits per heavy atom. The summed E-state index contributed by atoms with van der Waals surface area (Å²) in [5.74, 6) is -10.7. The zero-order valence-corrected chi connectivity index (χ0v) is 66.0. The molecule has 3 aromatic rings. The number of amides is 12. The average Bonchev–Trinajstić information content (AvgIpc) is 1.36. The largest absolute Gasteiger partial charge is 0.417 e. The number of alkyl halides is 3. The highest BCUT2D eigenvalue weighted by atomic mass is 35.5. The number of nitrogens with one attached hydrogen (secondary N) is 3. The first-order valence-electron chi connectivity index (χ1n) is 37.8. The van der Waals surface area contributed by atoms with E-state index < -0.39 is 178 Å². The molecule has 1 unspecified atom stereocenters. The van der Waals surface area contributed by atoms with Gasteiger partial charge in [-0.15, -0.1) is 0 Å². The van der Waals surface area contributed by atoms with Gasteiger partial charge in [0.05, 0.1) is 23.6 Å². The fraction of sp³-hybridized carbons (Fsp3) is 0.620. The van der Waals surface area contributed by atoms with E-state index in [1.165, 1.54) is 104 Å². The van der Waals surface area contributed by atoms with Crippen molar-refractivity contribution >= 4 is 82.5 Å². The van der Waals surface area contributed by atoms with Crippen LogP contribution in [0.15, 0.2) is 66.7 Å². The van der Waals surface area contributed by atoms with Crippen LogP contribution in [0.2, 0.25) is 5.02 Å². The summed E-state index contributed by atoms with van der Waals surface area (Å²) in [5.41, 5.74) is -0.767. The molecule has 3 aliphatic heterocycles. The first-order chi connectivity index (χ1) is 50.8. The summed E-state index contributed by atoms with van der Waals surface area (Å²) in [6.45, 7) is 14.2. The second kappa shape index (κ2) is 37.6. The number of piperidine rings is 1. The van der Waals surface area contributed by atoms with Gasteiger partial charge in [-0.3, -0.25) is 57.5 Å². The summed E-state index contributed by atoms with van der Waals surface area (Å²) in [6, 6.07) is 3.20. The number of likely N-dealkylation sites (N-methyl/N-ethyl adjacent to an activating group) is 7. The fourth-order valence-electron chi connectivity index (χ4n) is 14.9. The van der Waals surface area contributed by atoms with Gasteiger partial charge in [0.15, 0.2) is 0 Å². The third kappa shape index (κ3) is 20.8. The van der Waals surface area contributed by atoms with E-state index in [2.05, 4.69) is 16.0 Å². The van der Waals surface area contributed by atoms with Gasteiger partial charge in [0.2, 0.25) is 70.9 Å². The number of rotatable bonds is 14. The zero-order chi connectivity index (χ0) is 80.1. The summed E-state index contributed by atoms with van der Waals surface area (Å²) < 4.78 is 56.7. The summed E-state index contributed by atoms with van der Waals surface area (Å²) in [4.78, 5) is 194. The molecule has 12 amide bonds. The van der Waals surface area contributed by atoms with Gasteiger partial charge < -0.3 is 60.0 Å². The lowest BCUT2D eigenvalue weighted by Gasteiger charge is -2.45. The van der Waals surface area contributed by atoms with Crippen LogP contribution in [0.5, 0.6) is 0 Å². The Bertz CT molecular complexity index is 3740. The quantitative estimate of drug-likeness (QED) is 0.135. The van der Waals surface area contributed by atoms with Gasteiger partial charge in [-0.1, -0.05) is 127 Å². The number of carbonyl (C=O) groups excluding carboxylic acids is 12. The van der Waals surface area contributed by atoms with Crippen LogP contribution in [-0.4, -0.2) is 250 Å². The van der Waals surface area contributed by atoms with Crippen molar-refractivity contribution < 1.29 is 75.1 Å². The number of benzene rings is 3. The smallest absolute Gasteiger partial charge is 0.343 e. The van der Waals surface area contributed by atoms with Crippen molar-refractivity contribution in [3.8, 4) is 0 Å². The first-order valence-corrected chi connectivity index (χ1v) is 38.2. The SMILES string of the molecule is CC[C@H](C)[C@@H]1NC(=O)[C@H](CC(C)C)N(C)C(=O)C[C@@H](C(=O)N2CCCCC2)N(C)C(=O)[C@H]([C@@H](C)CC)N(C)C(=O)C2(CCCC2)NC(=O)[C@H](Cc2ccc(F)cc2)N(C)C(=O)[C@H](CCc2ccc(C(F)(F)F)c(Cl)c2)NC(=O)CN(C)C(=O)[C@H](Cc2ccc(C)cc2)N(C)C(=O)C2CCN2C(=O)[C@H](C)N(C)C1=O. The maximum absolute atomic E-state index is 15.8. The van der Waals surface area contributed by atoms with Crippen LogP contribution in [0.4, 0.5) is 17.6 Å². The van der Waals surface area contributed by atoms with Crippen LogP contribution in [0.3, 0.4) is 0 Å². The molecule has 0 aromatic heterocycles. The average molecular weight is 1530 g/mol. The zero-order valence-electron chi connectivity index (χ0n) is 65.2. The number of hydrogen-bond donors (Lipinski definition) is 3. The molecular weight excluding hydrogens is 1420 g/mol.